The molecular formula is C12H10N4O5S. The van der Waals surface area contributed by atoms with Crippen LogP contribution >= 0.6 is 11.8 Å². The molecule has 1 fully saturated rings. The monoisotopic (exact) mass is 322 g/mol. The van der Waals surface area contributed by atoms with E-state index in [9.17, 15) is 19.7 Å². The number of benzene rings is 1. The summed E-state index contributed by atoms with van der Waals surface area (Å²) in [5.74, 6) is -1.49. The lowest BCUT2D eigenvalue weighted by Gasteiger charge is -1.97. The van der Waals surface area contributed by atoms with Gasteiger partial charge in [0, 0.05) is 12.1 Å². The van der Waals surface area contributed by atoms with Crippen molar-refractivity contribution in [1.29, 1.82) is 0 Å². The summed E-state index contributed by atoms with van der Waals surface area (Å²) < 4.78 is 0. The molecule has 0 bridgehead atoms. The highest BCUT2D eigenvalue weighted by atomic mass is 32.2. The van der Waals surface area contributed by atoms with Crippen LogP contribution in [0.4, 0.5) is 5.69 Å². The fourth-order valence-electron chi connectivity index (χ4n) is 1.58. The van der Waals surface area contributed by atoms with E-state index in [4.69, 9.17) is 5.11 Å². The molecule has 114 valence electrons. The Kier molecular flexibility index (Phi) is 4.84. The van der Waals surface area contributed by atoms with E-state index in [1.165, 1.54) is 30.5 Å². The van der Waals surface area contributed by atoms with Gasteiger partial charge in [-0.1, -0.05) is 11.8 Å². The number of amidine groups is 1. The summed E-state index contributed by atoms with van der Waals surface area (Å²) in [6.07, 6.45) is 1.08. The first-order chi connectivity index (χ1) is 10.5. The number of carbonyl (C=O) groups excluding carboxylic acids is 1. The second kappa shape index (κ2) is 6.80. The summed E-state index contributed by atoms with van der Waals surface area (Å²) in [4.78, 5) is 32.0. The van der Waals surface area contributed by atoms with Crippen molar-refractivity contribution in [3.05, 3.63) is 39.9 Å². The van der Waals surface area contributed by atoms with Gasteiger partial charge in [0.05, 0.1) is 17.6 Å². The topological polar surface area (TPSA) is 134 Å². The Morgan fingerprint density at radius 1 is 1.45 bits per heavy atom. The highest BCUT2D eigenvalue weighted by molar-refractivity contribution is 8.15. The lowest BCUT2D eigenvalue weighted by molar-refractivity contribution is -0.384. The summed E-state index contributed by atoms with van der Waals surface area (Å²) in [6.45, 7) is 0. The fourth-order valence-corrected chi connectivity index (χ4v) is 2.49. The van der Waals surface area contributed by atoms with E-state index in [1.807, 2.05) is 0 Å². The van der Waals surface area contributed by atoms with E-state index in [-0.39, 0.29) is 17.3 Å². The summed E-state index contributed by atoms with van der Waals surface area (Å²) in [7, 11) is 0. The minimum absolute atomic E-state index is 0.0291. The molecule has 0 radical (unpaired) electrons. The zero-order valence-corrected chi connectivity index (χ0v) is 11.8. The first-order valence-corrected chi connectivity index (χ1v) is 6.88. The summed E-state index contributed by atoms with van der Waals surface area (Å²) in [5, 5.41) is 28.6. The van der Waals surface area contributed by atoms with Gasteiger partial charge in [0.1, 0.15) is 5.25 Å². The molecule has 1 amide bonds. The third-order valence-corrected chi connectivity index (χ3v) is 3.67. The third-order valence-electron chi connectivity index (χ3n) is 2.60. The molecule has 0 aliphatic carbocycles. The van der Waals surface area contributed by atoms with Crippen LogP contribution in [0.3, 0.4) is 0 Å². The Balaban J connectivity index is 1.98. The van der Waals surface area contributed by atoms with Crippen LogP contribution in [-0.4, -0.2) is 38.5 Å². The number of thioether (sulfide) groups is 1. The number of carbonyl (C=O) groups is 2. The number of carboxylic acids is 1. The first kappa shape index (κ1) is 15.6. The Labute approximate surface area is 128 Å². The molecule has 10 heteroatoms. The van der Waals surface area contributed by atoms with Gasteiger partial charge in [0.2, 0.25) is 5.91 Å². The van der Waals surface area contributed by atoms with Gasteiger partial charge in [0.25, 0.3) is 5.69 Å². The zero-order chi connectivity index (χ0) is 16.1. The number of nitrogens with one attached hydrogen (secondary N) is 1. The van der Waals surface area contributed by atoms with Crippen LogP contribution in [0, 0.1) is 10.1 Å². The van der Waals surface area contributed by atoms with Gasteiger partial charge in [-0.05, 0) is 17.7 Å². The zero-order valence-electron chi connectivity index (χ0n) is 11.0. The van der Waals surface area contributed by atoms with Gasteiger partial charge in [0.15, 0.2) is 5.17 Å². The smallest absolute Gasteiger partial charge is 0.305 e. The first-order valence-electron chi connectivity index (χ1n) is 6.00. The van der Waals surface area contributed by atoms with E-state index >= 15 is 0 Å². The highest BCUT2D eigenvalue weighted by Crippen LogP contribution is 2.22. The van der Waals surface area contributed by atoms with Crippen molar-refractivity contribution in [1.82, 2.24) is 5.32 Å². The Morgan fingerprint density at radius 2 is 2.14 bits per heavy atom. The molecule has 1 aliphatic heterocycles. The van der Waals surface area contributed by atoms with Gasteiger partial charge in [-0.3, -0.25) is 19.7 Å². The highest BCUT2D eigenvalue weighted by Gasteiger charge is 2.32. The number of hydrogen-bond acceptors (Lipinski definition) is 7. The van der Waals surface area contributed by atoms with Crippen molar-refractivity contribution in [2.75, 3.05) is 0 Å². The standard InChI is InChI=1S/C12H10N4O5S/c17-10(18)5-9-11(19)14-12(22-9)15-13-6-7-1-3-8(4-2-7)16(20)21/h1-4,6,9H,5H2,(H,17,18)(H,14,15,19). The van der Waals surface area contributed by atoms with Crippen LogP contribution in [0.2, 0.25) is 0 Å². The van der Waals surface area contributed by atoms with Crippen LogP contribution in [-0.2, 0) is 9.59 Å². The van der Waals surface area contributed by atoms with E-state index in [0.717, 1.165) is 11.8 Å². The molecule has 1 aromatic carbocycles. The molecule has 1 aromatic rings. The summed E-state index contributed by atoms with van der Waals surface area (Å²) >= 11 is 0.994. The summed E-state index contributed by atoms with van der Waals surface area (Å²) in [6, 6.07) is 5.69. The predicted octanol–water partition coefficient (Wildman–Crippen LogP) is 0.991. The molecule has 1 aliphatic rings. The second-order valence-electron chi connectivity index (χ2n) is 4.19. The minimum atomic E-state index is -1.07. The molecule has 0 spiro atoms. The molecule has 22 heavy (non-hydrogen) atoms. The Bertz CT molecular complexity index is 671. The molecule has 1 heterocycles. The Morgan fingerprint density at radius 3 is 2.73 bits per heavy atom. The van der Waals surface area contributed by atoms with E-state index in [0.29, 0.717) is 5.56 Å². The number of non-ortho nitro benzene ring substituents is 1. The maximum Gasteiger partial charge on any atom is 0.305 e. The number of aliphatic carboxylic acids is 1. The number of hydrogen-bond donors (Lipinski definition) is 2. The number of carboxylic acid groups (broad SMARTS) is 1. The van der Waals surface area contributed by atoms with Crippen LogP contribution in [0.15, 0.2) is 34.5 Å². The molecule has 0 saturated carbocycles. The second-order valence-corrected chi connectivity index (χ2v) is 5.38. The van der Waals surface area contributed by atoms with Crippen molar-refractivity contribution in [2.24, 2.45) is 10.2 Å². The van der Waals surface area contributed by atoms with Gasteiger partial charge in [-0.2, -0.15) is 5.10 Å². The van der Waals surface area contributed by atoms with Crippen molar-refractivity contribution >= 4 is 40.7 Å². The van der Waals surface area contributed by atoms with Crippen molar-refractivity contribution < 1.29 is 19.6 Å². The number of amides is 1. The minimum Gasteiger partial charge on any atom is -0.481 e. The van der Waals surface area contributed by atoms with E-state index in [1.54, 1.807) is 0 Å². The van der Waals surface area contributed by atoms with Gasteiger partial charge < -0.3 is 10.4 Å². The predicted molar refractivity (Wildman–Crippen MR) is 79.9 cm³/mol. The largest absolute Gasteiger partial charge is 0.481 e. The van der Waals surface area contributed by atoms with Crippen LogP contribution in [0.5, 0.6) is 0 Å². The van der Waals surface area contributed by atoms with Crippen LogP contribution in [0.1, 0.15) is 12.0 Å². The van der Waals surface area contributed by atoms with Crippen LogP contribution in [0.25, 0.3) is 0 Å². The average Bonchev–Trinajstić information content (AvgIpc) is 2.79. The Hall–Kier alpha value is -2.75. The normalized spacial score (nSPS) is 19.5. The number of nitrogens with zero attached hydrogens (tertiary/aromatic N) is 3. The maximum absolute atomic E-state index is 11.5. The lowest BCUT2D eigenvalue weighted by atomic mass is 10.2. The molecule has 2 N–H and O–H groups in total. The molecule has 0 aromatic heterocycles. The SMILES string of the molecule is O=C(O)CC1S/C(=N/N=Cc2ccc([N+](=O)[O-])cc2)NC1=O. The van der Waals surface area contributed by atoms with Crippen molar-refractivity contribution in [2.45, 2.75) is 11.7 Å². The molecule has 1 unspecified atom stereocenters. The van der Waals surface area contributed by atoms with Crippen molar-refractivity contribution in [3.8, 4) is 0 Å². The molecule has 1 saturated heterocycles. The molecular weight excluding hydrogens is 312 g/mol. The molecule has 2 rings (SSSR count). The summed E-state index contributed by atoms with van der Waals surface area (Å²) in [5.41, 5.74) is 0.574. The third kappa shape index (κ3) is 4.12. The average molecular weight is 322 g/mol. The van der Waals surface area contributed by atoms with Gasteiger partial charge in [-0.25, -0.2) is 0 Å². The van der Waals surface area contributed by atoms with Gasteiger partial charge >= 0.3 is 5.97 Å². The van der Waals surface area contributed by atoms with Crippen LogP contribution < -0.4 is 5.32 Å². The molecule has 1 atom stereocenters. The fraction of sp³-hybridized carbons (Fsp3) is 0.167. The number of nitro groups is 1. The molecule has 9 nitrogen and oxygen atoms in total. The number of nitro benzene ring substituents is 1. The lowest BCUT2D eigenvalue weighted by Crippen LogP contribution is -2.26. The van der Waals surface area contributed by atoms with E-state index < -0.39 is 22.0 Å². The van der Waals surface area contributed by atoms with E-state index in [2.05, 4.69) is 15.5 Å². The maximum atomic E-state index is 11.5. The van der Waals surface area contributed by atoms with Gasteiger partial charge in [-0.15, -0.1) is 5.10 Å². The van der Waals surface area contributed by atoms with Crippen molar-refractivity contribution in [3.63, 3.8) is 0 Å². The quantitative estimate of drug-likeness (QED) is 0.471. The number of rotatable bonds is 5.